The molecule has 0 aromatic rings. The number of allylic oxidation sites excluding steroid dienone is 5. The molecule has 0 aromatic carbocycles. The van der Waals surface area contributed by atoms with E-state index in [9.17, 15) is 43.9 Å². The van der Waals surface area contributed by atoms with E-state index in [1.54, 1.807) is 0 Å². The number of hydrogen-bond acceptors (Lipinski definition) is 0. The van der Waals surface area contributed by atoms with Gasteiger partial charge in [0.2, 0.25) is 29.1 Å². The van der Waals surface area contributed by atoms with E-state index in [0.717, 1.165) is 0 Å². The number of rotatable bonds is 2. The SMILES string of the molecule is FC(F)=C(F)C(F)=C(F)C(F)=C(F)C(F)(F)F. The first kappa shape index (κ1) is 15.5. The lowest BCUT2D eigenvalue weighted by molar-refractivity contribution is -0.111. The van der Waals surface area contributed by atoms with Gasteiger partial charge in [0.05, 0.1) is 0 Å². The van der Waals surface area contributed by atoms with Crippen molar-refractivity contribution in [2.45, 2.75) is 6.18 Å². The first-order valence-electron chi connectivity index (χ1n) is 3.39. The van der Waals surface area contributed by atoms with Crippen LogP contribution in [0.2, 0.25) is 0 Å². The van der Waals surface area contributed by atoms with Gasteiger partial charge in [0, 0.05) is 0 Å². The van der Waals surface area contributed by atoms with Gasteiger partial charge in [0.1, 0.15) is 0 Å². The smallest absolute Gasteiger partial charge is 0.200 e. The first-order valence-corrected chi connectivity index (χ1v) is 3.39. The highest BCUT2D eigenvalue weighted by molar-refractivity contribution is 5.33. The molecule has 98 valence electrons. The Hall–Kier alpha value is -1.48. The third kappa shape index (κ3) is 3.79. The molecule has 0 saturated heterocycles. The lowest BCUT2D eigenvalue weighted by Crippen LogP contribution is -2.10. The molecule has 0 amide bonds. The summed E-state index contributed by atoms with van der Waals surface area (Å²) in [6.45, 7) is 0. The van der Waals surface area contributed by atoms with Crippen LogP contribution in [0, 0.1) is 0 Å². The first-order chi connectivity index (χ1) is 7.50. The maximum absolute atomic E-state index is 12.3. The zero-order chi connectivity index (χ0) is 14.0. The van der Waals surface area contributed by atoms with Gasteiger partial charge in [0.15, 0.2) is 0 Å². The van der Waals surface area contributed by atoms with Crippen molar-refractivity contribution in [1.29, 1.82) is 0 Å². The van der Waals surface area contributed by atoms with E-state index < -0.39 is 41.4 Å². The summed E-state index contributed by atoms with van der Waals surface area (Å²) in [6, 6.07) is 0. The standard InChI is InChI=1S/C7F10/c8-1(2(9)4(11)6(13)14)3(10)5(12)7(15,16)17. The molecule has 0 bridgehead atoms. The molecule has 0 heterocycles. The highest BCUT2D eigenvalue weighted by atomic mass is 19.4. The Labute approximate surface area is 86.5 Å². The molecule has 0 N–H and O–H groups in total. The highest BCUT2D eigenvalue weighted by Gasteiger charge is 2.40. The summed E-state index contributed by atoms with van der Waals surface area (Å²) < 4.78 is 118. The average Bonchev–Trinajstić information content (AvgIpc) is 2.22. The zero-order valence-electron chi connectivity index (χ0n) is 7.28. The summed E-state index contributed by atoms with van der Waals surface area (Å²) in [5.74, 6) is -17.0. The number of hydrogen-bond donors (Lipinski definition) is 0. The van der Waals surface area contributed by atoms with Gasteiger partial charge in [-0.2, -0.15) is 30.7 Å². The van der Waals surface area contributed by atoms with Gasteiger partial charge in [-0.3, -0.25) is 0 Å². The van der Waals surface area contributed by atoms with Gasteiger partial charge in [-0.15, -0.1) is 0 Å². The van der Waals surface area contributed by atoms with Crippen LogP contribution in [0.25, 0.3) is 0 Å². The molecule has 0 aliphatic rings. The van der Waals surface area contributed by atoms with Crippen molar-refractivity contribution in [3.8, 4) is 0 Å². The van der Waals surface area contributed by atoms with Gasteiger partial charge in [-0.1, -0.05) is 0 Å². The molecule has 0 fully saturated rings. The lowest BCUT2D eigenvalue weighted by Gasteiger charge is -2.04. The predicted molar refractivity (Wildman–Crippen MR) is 34.9 cm³/mol. The minimum Gasteiger partial charge on any atom is -0.200 e. The van der Waals surface area contributed by atoms with E-state index in [0.29, 0.717) is 0 Å². The van der Waals surface area contributed by atoms with Crippen molar-refractivity contribution < 1.29 is 43.9 Å². The van der Waals surface area contributed by atoms with Crippen LogP contribution < -0.4 is 0 Å². The van der Waals surface area contributed by atoms with Crippen molar-refractivity contribution in [3.05, 3.63) is 35.2 Å². The fraction of sp³-hybridized carbons (Fsp3) is 0.143. The molecule has 0 radical (unpaired) electrons. The minimum absolute atomic E-state index is 3.23. The summed E-state index contributed by atoms with van der Waals surface area (Å²) in [5, 5.41) is 0. The van der Waals surface area contributed by atoms with Gasteiger partial charge in [-0.25, -0.2) is 13.2 Å². The number of alkyl halides is 3. The van der Waals surface area contributed by atoms with Crippen molar-refractivity contribution in [1.82, 2.24) is 0 Å². The normalized spacial score (nSPS) is 15.2. The Balaban J connectivity index is 5.70. The van der Waals surface area contributed by atoms with Crippen LogP contribution in [0.15, 0.2) is 35.2 Å². The van der Waals surface area contributed by atoms with Crippen LogP contribution >= 0.6 is 0 Å². The van der Waals surface area contributed by atoms with Crippen molar-refractivity contribution in [2.24, 2.45) is 0 Å². The van der Waals surface area contributed by atoms with Crippen LogP contribution in [0.4, 0.5) is 43.9 Å². The minimum atomic E-state index is -6.00. The summed E-state index contributed by atoms with van der Waals surface area (Å²) in [5.41, 5.74) is 0. The van der Waals surface area contributed by atoms with Gasteiger partial charge in [0.25, 0.3) is 0 Å². The van der Waals surface area contributed by atoms with Crippen LogP contribution in [0.1, 0.15) is 0 Å². The molecule has 0 unspecified atom stereocenters. The average molecular weight is 274 g/mol. The highest BCUT2D eigenvalue weighted by Crippen LogP contribution is 2.36. The second-order valence-electron chi connectivity index (χ2n) is 2.33. The molecular weight excluding hydrogens is 274 g/mol. The topological polar surface area (TPSA) is 0 Å². The van der Waals surface area contributed by atoms with Crippen LogP contribution in [0.3, 0.4) is 0 Å². The third-order valence-electron chi connectivity index (χ3n) is 1.19. The Morgan fingerprint density at radius 1 is 0.529 bits per heavy atom. The number of halogens is 10. The van der Waals surface area contributed by atoms with Gasteiger partial charge in [-0.05, 0) is 0 Å². The molecule has 0 aliphatic heterocycles. The van der Waals surface area contributed by atoms with Gasteiger partial charge >= 0.3 is 12.3 Å². The largest absolute Gasteiger partial charge is 0.446 e. The van der Waals surface area contributed by atoms with E-state index >= 15 is 0 Å². The van der Waals surface area contributed by atoms with E-state index in [4.69, 9.17) is 0 Å². The molecular formula is C7F10. The molecule has 0 saturated carbocycles. The van der Waals surface area contributed by atoms with Crippen molar-refractivity contribution in [3.63, 3.8) is 0 Å². The zero-order valence-corrected chi connectivity index (χ0v) is 7.28. The quantitative estimate of drug-likeness (QED) is 0.495. The molecule has 0 atom stereocenters. The molecule has 0 spiro atoms. The fourth-order valence-corrected chi connectivity index (χ4v) is 0.496. The Morgan fingerprint density at radius 3 is 1.18 bits per heavy atom. The third-order valence-corrected chi connectivity index (χ3v) is 1.19. The Kier molecular flexibility index (Phi) is 4.78. The molecule has 0 rings (SSSR count). The summed E-state index contributed by atoms with van der Waals surface area (Å²) >= 11 is 0. The predicted octanol–water partition coefficient (Wildman–Crippen LogP) is 4.93. The van der Waals surface area contributed by atoms with E-state index in [1.165, 1.54) is 0 Å². The summed E-state index contributed by atoms with van der Waals surface area (Å²) in [6.07, 6.45) is -9.45. The van der Waals surface area contributed by atoms with E-state index in [1.807, 2.05) is 0 Å². The Bertz CT molecular complexity index is 391. The van der Waals surface area contributed by atoms with Crippen LogP contribution in [0.5, 0.6) is 0 Å². The van der Waals surface area contributed by atoms with E-state index in [-0.39, 0.29) is 0 Å². The van der Waals surface area contributed by atoms with E-state index in [2.05, 4.69) is 0 Å². The fourth-order valence-electron chi connectivity index (χ4n) is 0.496. The van der Waals surface area contributed by atoms with Crippen LogP contribution in [-0.4, -0.2) is 6.18 Å². The molecule has 0 nitrogen and oxygen atoms in total. The molecule has 0 aromatic heterocycles. The second-order valence-corrected chi connectivity index (χ2v) is 2.33. The van der Waals surface area contributed by atoms with Crippen molar-refractivity contribution >= 4 is 0 Å². The molecule has 17 heavy (non-hydrogen) atoms. The summed E-state index contributed by atoms with van der Waals surface area (Å²) in [7, 11) is 0. The lowest BCUT2D eigenvalue weighted by atomic mass is 10.3. The molecule has 10 heteroatoms. The second kappa shape index (κ2) is 5.23. The maximum atomic E-state index is 12.3. The van der Waals surface area contributed by atoms with Crippen molar-refractivity contribution in [2.75, 3.05) is 0 Å². The molecule has 0 aliphatic carbocycles. The Morgan fingerprint density at radius 2 is 0.882 bits per heavy atom. The summed E-state index contributed by atoms with van der Waals surface area (Å²) in [4.78, 5) is 0. The van der Waals surface area contributed by atoms with Gasteiger partial charge < -0.3 is 0 Å². The monoisotopic (exact) mass is 274 g/mol. The van der Waals surface area contributed by atoms with Crippen LogP contribution in [-0.2, 0) is 0 Å². The maximum Gasteiger partial charge on any atom is 0.446 e.